The van der Waals surface area contributed by atoms with E-state index in [-0.39, 0.29) is 11.4 Å². The van der Waals surface area contributed by atoms with Crippen molar-refractivity contribution < 1.29 is 9.90 Å². The van der Waals surface area contributed by atoms with Crippen molar-refractivity contribution in [2.24, 2.45) is 5.92 Å². The average Bonchev–Trinajstić information content (AvgIpc) is 2.58. The Kier molecular flexibility index (Phi) is 4.95. The molecule has 1 aliphatic rings. The largest absolute Gasteiger partial charge is 0.465 e. The third-order valence-electron chi connectivity index (χ3n) is 5.08. The zero-order valence-electron chi connectivity index (χ0n) is 15.9. The van der Waals surface area contributed by atoms with Crippen LogP contribution in [0.4, 0.5) is 16.4 Å². The number of fused-ring (bicyclic) bond motifs is 1. The Morgan fingerprint density at radius 3 is 2.67 bits per heavy atom. The van der Waals surface area contributed by atoms with Gasteiger partial charge in [-0.1, -0.05) is 0 Å². The summed E-state index contributed by atoms with van der Waals surface area (Å²) in [5.74, 6) is 1.22. The first-order chi connectivity index (χ1) is 12.7. The van der Waals surface area contributed by atoms with Crippen LogP contribution in [-0.4, -0.2) is 56.5 Å². The third-order valence-corrected chi connectivity index (χ3v) is 5.08. The second-order valence-corrected chi connectivity index (χ2v) is 8.02. The molecule has 0 bridgehead atoms. The molecular weight excluding hydrogens is 348 g/mol. The number of carboxylic acid groups (broad SMARTS) is 1. The van der Waals surface area contributed by atoms with Gasteiger partial charge in [0.15, 0.2) is 0 Å². The number of nitrogen functional groups attached to an aromatic ring is 1. The molecule has 0 aromatic carbocycles. The smallest absolute Gasteiger partial charge is 0.407 e. The Morgan fingerprint density at radius 1 is 1.41 bits per heavy atom. The van der Waals surface area contributed by atoms with Crippen LogP contribution in [0.2, 0.25) is 0 Å². The summed E-state index contributed by atoms with van der Waals surface area (Å²) in [6.07, 6.45) is 2.42. The number of carbonyl (C=O) groups is 1. The molecule has 1 aliphatic heterocycles. The fourth-order valence-electron chi connectivity index (χ4n) is 3.54. The van der Waals surface area contributed by atoms with Gasteiger partial charge in [-0.05, 0) is 45.6 Å². The Balaban J connectivity index is 1.72. The van der Waals surface area contributed by atoms with Crippen LogP contribution in [0.5, 0.6) is 0 Å². The summed E-state index contributed by atoms with van der Waals surface area (Å²) in [6.45, 7) is 7.78. The van der Waals surface area contributed by atoms with Crippen LogP contribution in [0.3, 0.4) is 0 Å². The van der Waals surface area contributed by atoms with E-state index in [2.05, 4.69) is 20.1 Å². The van der Waals surface area contributed by atoms with Crippen LogP contribution in [0.25, 0.3) is 10.8 Å². The minimum absolute atomic E-state index is 0.193. The lowest BCUT2D eigenvalue weighted by Gasteiger charge is -2.39. The number of nitrogens with two attached hydrogens (primary N) is 1. The van der Waals surface area contributed by atoms with Gasteiger partial charge in [0.05, 0.1) is 11.6 Å². The van der Waals surface area contributed by atoms with Crippen LogP contribution in [0.1, 0.15) is 33.6 Å². The van der Waals surface area contributed by atoms with Crippen LogP contribution >= 0.6 is 0 Å². The van der Waals surface area contributed by atoms with E-state index in [9.17, 15) is 14.7 Å². The molecule has 0 unspecified atom stereocenters. The van der Waals surface area contributed by atoms with Gasteiger partial charge in [-0.15, -0.1) is 0 Å². The molecular formula is C18H26N6O3. The summed E-state index contributed by atoms with van der Waals surface area (Å²) in [4.78, 5) is 31.4. The van der Waals surface area contributed by atoms with Gasteiger partial charge in [-0.3, -0.25) is 4.79 Å². The lowest BCUT2D eigenvalue weighted by molar-refractivity contribution is 0.0852. The van der Waals surface area contributed by atoms with Gasteiger partial charge >= 0.3 is 6.09 Å². The van der Waals surface area contributed by atoms with Crippen LogP contribution in [0.15, 0.2) is 17.1 Å². The molecule has 1 fully saturated rings. The van der Waals surface area contributed by atoms with E-state index in [1.807, 2.05) is 26.8 Å². The summed E-state index contributed by atoms with van der Waals surface area (Å²) in [5.41, 5.74) is 5.21. The molecule has 0 spiro atoms. The molecule has 1 amide bonds. The van der Waals surface area contributed by atoms with E-state index in [4.69, 9.17) is 5.73 Å². The number of nitrogens with zero attached hydrogens (tertiary/aromatic N) is 4. The molecule has 1 saturated heterocycles. The van der Waals surface area contributed by atoms with Crippen molar-refractivity contribution in [1.82, 2.24) is 20.1 Å². The quantitative estimate of drug-likeness (QED) is 0.748. The van der Waals surface area contributed by atoms with Crippen LogP contribution < -0.4 is 16.2 Å². The number of aromatic nitrogens is 3. The maximum absolute atomic E-state index is 11.9. The normalized spacial score (nSPS) is 15.9. The first-order valence-electron chi connectivity index (χ1n) is 9.06. The molecule has 146 valence electrons. The molecule has 4 N–H and O–H groups in total. The van der Waals surface area contributed by atoms with Gasteiger partial charge < -0.3 is 20.6 Å². The highest BCUT2D eigenvalue weighted by atomic mass is 16.4. The zero-order valence-corrected chi connectivity index (χ0v) is 15.9. The van der Waals surface area contributed by atoms with E-state index in [0.717, 1.165) is 31.7 Å². The zero-order chi connectivity index (χ0) is 19.8. The first kappa shape index (κ1) is 18.9. The van der Waals surface area contributed by atoms with Gasteiger partial charge in [-0.2, -0.15) is 5.10 Å². The Morgan fingerprint density at radius 2 is 2.07 bits per heavy atom. The highest BCUT2D eigenvalue weighted by molar-refractivity contribution is 5.91. The second-order valence-electron chi connectivity index (χ2n) is 8.02. The van der Waals surface area contributed by atoms with Crippen molar-refractivity contribution >= 4 is 28.5 Å². The summed E-state index contributed by atoms with van der Waals surface area (Å²) in [5, 5.41) is 16.7. The highest BCUT2D eigenvalue weighted by Crippen LogP contribution is 2.27. The van der Waals surface area contributed by atoms with Crippen molar-refractivity contribution in [2.45, 2.75) is 39.2 Å². The van der Waals surface area contributed by atoms with Crippen LogP contribution in [0, 0.1) is 5.92 Å². The number of nitrogens with one attached hydrogen (secondary N) is 1. The minimum Gasteiger partial charge on any atom is -0.465 e. The molecule has 9 nitrogen and oxygen atoms in total. The monoisotopic (exact) mass is 374 g/mol. The summed E-state index contributed by atoms with van der Waals surface area (Å²) >= 11 is 0. The molecule has 0 saturated carbocycles. The number of amides is 1. The average molecular weight is 374 g/mol. The molecule has 2 aromatic heterocycles. The van der Waals surface area contributed by atoms with E-state index in [0.29, 0.717) is 23.2 Å². The number of H-pyrrole nitrogens is 1. The number of piperidine rings is 1. The number of hydrogen-bond donors (Lipinski definition) is 3. The molecule has 0 radical (unpaired) electrons. The maximum atomic E-state index is 11.9. The number of hydrogen-bond acceptors (Lipinski definition) is 6. The SMILES string of the molecule is CC(C)(C)N(CC1CCN(c2cc3cn[nH]c(=O)c3c(N)n2)CC1)C(=O)O. The molecule has 3 rings (SSSR count). The first-order valence-corrected chi connectivity index (χ1v) is 9.06. The standard InChI is InChI=1S/C18H26N6O3/c1-18(2,3)24(17(26)27)10-11-4-6-23(7-5-11)13-8-12-9-20-22-16(25)14(12)15(19)21-13/h8-9,11H,4-7,10H2,1-3H3,(H2,19,21)(H,22,25)(H,26,27). The molecule has 2 aromatic rings. The molecule has 3 heterocycles. The van der Waals surface area contributed by atoms with E-state index in [1.165, 1.54) is 4.90 Å². The van der Waals surface area contributed by atoms with Crippen molar-refractivity contribution in [2.75, 3.05) is 30.3 Å². The Labute approximate surface area is 157 Å². The van der Waals surface area contributed by atoms with Crippen molar-refractivity contribution in [3.63, 3.8) is 0 Å². The second kappa shape index (κ2) is 7.05. The van der Waals surface area contributed by atoms with Crippen LogP contribution in [-0.2, 0) is 0 Å². The van der Waals surface area contributed by atoms with Gasteiger partial charge in [-0.25, -0.2) is 14.9 Å². The van der Waals surface area contributed by atoms with E-state index in [1.54, 1.807) is 6.20 Å². The Bertz CT molecular complexity index is 896. The molecule has 27 heavy (non-hydrogen) atoms. The molecule has 9 heteroatoms. The summed E-state index contributed by atoms with van der Waals surface area (Å²) in [6, 6.07) is 1.83. The van der Waals surface area contributed by atoms with Crippen molar-refractivity contribution in [1.29, 1.82) is 0 Å². The van der Waals surface area contributed by atoms with E-state index >= 15 is 0 Å². The predicted molar refractivity (Wildman–Crippen MR) is 104 cm³/mol. The predicted octanol–water partition coefficient (Wildman–Crippen LogP) is 1.90. The highest BCUT2D eigenvalue weighted by Gasteiger charge is 2.30. The molecule has 0 aliphatic carbocycles. The van der Waals surface area contributed by atoms with Gasteiger partial charge in [0.25, 0.3) is 5.56 Å². The fraction of sp³-hybridized carbons (Fsp3) is 0.556. The third kappa shape index (κ3) is 3.96. The number of aromatic amines is 1. The lowest BCUT2D eigenvalue weighted by Crippen LogP contribution is -2.49. The maximum Gasteiger partial charge on any atom is 0.407 e. The summed E-state index contributed by atoms with van der Waals surface area (Å²) in [7, 11) is 0. The van der Waals surface area contributed by atoms with Gasteiger partial charge in [0, 0.05) is 30.6 Å². The molecule has 0 atom stereocenters. The number of pyridine rings is 1. The van der Waals surface area contributed by atoms with Gasteiger partial charge in [0.1, 0.15) is 11.6 Å². The summed E-state index contributed by atoms with van der Waals surface area (Å²) < 4.78 is 0. The Hall–Kier alpha value is -2.84. The number of rotatable bonds is 3. The topological polar surface area (TPSA) is 128 Å². The fourth-order valence-corrected chi connectivity index (χ4v) is 3.54. The van der Waals surface area contributed by atoms with Gasteiger partial charge in [0.2, 0.25) is 0 Å². The van der Waals surface area contributed by atoms with Crippen molar-refractivity contribution in [3.05, 3.63) is 22.6 Å². The van der Waals surface area contributed by atoms with Crippen molar-refractivity contribution in [3.8, 4) is 0 Å². The minimum atomic E-state index is -0.883. The number of anilines is 2. The van der Waals surface area contributed by atoms with E-state index < -0.39 is 11.6 Å². The lowest BCUT2D eigenvalue weighted by atomic mass is 9.94.